The van der Waals surface area contributed by atoms with Crippen molar-refractivity contribution in [3.63, 3.8) is 0 Å². The number of nitro groups is 1. The van der Waals surface area contributed by atoms with E-state index in [0.717, 1.165) is 44.0 Å². The van der Waals surface area contributed by atoms with E-state index in [-0.39, 0.29) is 41.5 Å². The molecule has 0 radical (unpaired) electrons. The number of halogens is 1. The average molecular weight is 475 g/mol. The lowest BCUT2D eigenvalue weighted by Crippen LogP contribution is -2.47. The van der Waals surface area contributed by atoms with Gasteiger partial charge in [0, 0.05) is 38.2 Å². The van der Waals surface area contributed by atoms with Crippen molar-refractivity contribution in [2.24, 2.45) is 16.6 Å². The van der Waals surface area contributed by atoms with Gasteiger partial charge in [0.05, 0.1) is 11.5 Å². The summed E-state index contributed by atoms with van der Waals surface area (Å²) in [6.45, 7) is 4.69. The summed E-state index contributed by atoms with van der Waals surface area (Å²) >= 11 is 0. The van der Waals surface area contributed by atoms with Gasteiger partial charge in [-0.3, -0.25) is 14.9 Å². The predicted octanol–water partition coefficient (Wildman–Crippen LogP) is 2.27. The number of benzene rings is 1. The first-order chi connectivity index (χ1) is 12.0. The van der Waals surface area contributed by atoms with Crippen LogP contribution in [0.3, 0.4) is 0 Å². The van der Waals surface area contributed by atoms with Crippen LogP contribution in [-0.2, 0) is 11.3 Å². The summed E-state index contributed by atoms with van der Waals surface area (Å²) in [4.78, 5) is 28.4. The van der Waals surface area contributed by atoms with E-state index in [9.17, 15) is 14.9 Å². The molecule has 1 aliphatic heterocycles. The first-order valence-electron chi connectivity index (χ1n) is 8.54. The number of nitro benzene ring substituents is 1. The summed E-state index contributed by atoms with van der Waals surface area (Å²) in [5, 5.41) is 14.1. The molecular weight excluding hydrogens is 449 g/mol. The number of nitrogens with one attached hydrogen (secondary N) is 1. The molecule has 8 nitrogen and oxygen atoms in total. The highest BCUT2D eigenvalue weighted by atomic mass is 127. The Morgan fingerprint density at radius 1 is 1.50 bits per heavy atom. The highest BCUT2D eigenvalue weighted by molar-refractivity contribution is 14.0. The summed E-state index contributed by atoms with van der Waals surface area (Å²) < 4.78 is 0. The van der Waals surface area contributed by atoms with Crippen LogP contribution >= 0.6 is 24.0 Å². The first-order valence-corrected chi connectivity index (χ1v) is 8.54. The number of primary amides is 1. The minimum Gasteiger partial charge on any atom is -0.370 e. The topological polar surface area (TPSA) is 114 Å². The molecule has 1 heterocycles. The fraction of sp³-hybridized carbons (Fsp3) is 0.529. The van der Waals surface area contributed by atoms with E-state index >= 15 is 0 Å². The highest BCUT2D eigenvalue weighted by Crippen LogP contribution is 2.20. The number of carbonyl (C=O) groups excluding carboxylic acids is 1. The fourth-order valence-electron chi connectivity index (χ4n) is 3.07. The van der Waals surface area contributed by atoms with E-state index in [1.165, 1.54) is 6.07 Å². The first kappa shape index (κ1) is 22.1. The predicted molar refractivity (Wildman–Crippen MR) is 111 cm³/mol. The van der Waals surface area contributed by atoms with Gasteiger partial charge in [0.2, 0.25) is 5.91 Å². The van der Waals surface area contributed by atoms with Gasteiger partial charge >= 0.3 is 0 Å². The summed E-state index contributed by atoms with van der Waals surface area (Å²) in [6, 6.07) is 6.50. The molecule has 1 aromatic carbocycles. The van der Waals surface area contributed by atoms with E-state index in [4.69, 9.17) is 5.73 Å². The van der Waals surface area contributed by atoms with Crippen molar-refractivity contribution in [3.8, 4) is 0 Å². The van der Waals surface area contributed by atoms with Gasteiger partial charge in [-0.2, -0.15) is 0 Å². The lowest BCUT2D eigenvalue weighted by atomic mass is 9.95. The zero-order valence-electron chi connectivity index (χ0n) is 14.9. The van der Waals surface area contributed by atoms with Crippen molar-refractivity contribution in [2.75, 3.05) is 19.6 Å². The Balaban J connectivity index is 0.00000338. The van der Waals surface area contributed by atoms with Crippen LogP contribution in [0.1, 0.15) is 31.7 Å². The Labute approximate surface area is 170 Å². The molecule has 0 aromatic heterocycles. The maximum absolute atomic E-state index is 11.2. The molecule has 0 saturated carbocycles. The standard InChI is InChI=1S/C17H25N5O3.HI/c1-2-19-17(21-8-4-6-14(12-21)10-16(18)23)20-11-13-5-3-7-15(9-13)22(24)25;/h3,5,7,9,14H,2,4,6,8,10-12H2,1H3,(H2,18,23)(H,19,20);1H. The second kappa shape index (κ2) is 10.9. The maximum Gasteiger partial charge on any atom is 0.269 e. The molecule has 26 heavy (non-hydrogen) atoms. The van der Waals surface area contributed by atoms with Gasteiger partial charge in [0.25, 0.3) is 5.69 Å². The average Bonchev–Trinajstić information content (AvgIpc) is 2.58. The lowest BCUT2D eigenvalue weighted by molar-refractivity contribution is -0.384. The van der Waals surface area contributed by atoms with Crippen LogP contribution in [-0.4, -0.2) is 41.3 Å². The third-order valence-electron chi connectivity index (χ3n) is 4.18. The maximum atomic E-state index is 11.2. The smallest absolute Gasteiger partial charge is 0.269 e. The van der Waals surface area contributed by atoms with Gasteiger partial charge in [0.1, 0.15) is 0 Å². The molecule has 3 N–H and O–H groups in total. The molecule has 1 aliphatic rings. The highest BCUT2D eigenvalue weighted by Gasteiger charge is 2.23. The van der Waals surface area contributed by atoms with Crippen LogP contribution in [0.15, 0.2) is 29.3 Å². The molecule has 9 heteroatoms. The van der Waals surface area contributed by atoms with Crippen molar-refractivity contribution in [2.45, 2.75) is 32.7 Å². The summed E-state index contributed by atoms with van der Waals surface area (Å²) in [6.07, 6.45) is 2.36. The molecule has 0 aliphatic carbocycles. The van der Waals surface area contributed by atoms with Crippen LogP contribution in [0, 0.1) is 16.0 Å². The van der Waals surface area contributed by atoms with Gasteiger partial charge in [0.15, 0.2) is 5.96 Å². The molecule has 0 bridgehead atoms. The molecule has 2 rings (SSSR count). The van der Waals surface area contributed by atoms with E-state index < -0.39 is 4.92 Å². The molecule has 1 unspecified atom stereocenters. The number of hydrogen-bond donors (Lipinski definition) is 2. The van der Waals surface area contributed by atoms with Crippen molar-refractivity contribution < 1.29 is 9.72 Å². The molecule has 1 atom stereocenters. The van der Waals surface area contributed by atoms with Crippen molar-refractivity contribution in [3.05, 3.63) is 39.9 Å². The largest absolute Gasteiger partial charge is 0.370 e. The van der Waals surface area contributed by atoms with E-state index in [2.05, 4.69) is 15.2 Å². The molecule has 1 fully saturated rings. The number of amides is 1. The SMILES string of the molecule is CCNC(=NCc1cccc([N+](=O)[O-])c1)N1CCCC(CC(N)=O)C1.I. The van der Waals surface area contributed by atoms with Gasteiger partial charge in [-0.15, -0.1) is 24.0 Å². The Morgan fingerprint density at radius 3 is 2.92 bits per heavy atom. The van der Waals surface area contributed by atoms with Crippen LogP contribution in [0.25, 0.3) is 0 Å². The Kier molecular flexibility index (Phi) is 9.31. The van der Waals surface area contributed by atoms with Gasteiger partial charge in [-0.1, -0.05) is 12.1 Å². The van der Waals surface area contributed by atoms with E-state index in [0.29, 0.717) is 13.0 Å². The number of hydrogen-bond acceptors (Lipinski definition) is 4. The van der Waals surface area contributed by atoms with E-state index in [1.54, 1.807) is 12.1 Å². The number of nitrogens with zero attached hydrogens (tertiary/aromatic N) is 3. The number of carbonyl (C=O) groups is 1. The molecule has 0 spiro atoms. The number of nitrogens with two attached hydrogens (primary N) is 1. The van der Waals surface area contributed by atoms with Crippen molar-refractivity contribution in [1.29, 1.82) is 0 Å². The second-order valence-corrected chi connectivity index (χ2v) is 6.22. The fourth-order valence-corrected chi connectivity index (χ4v) is 3.07. The Bertz CT molecular complexity index is 653. The number of likely N-dealkylation sites (tertiary alicyclic amines) is 1. The number of aliphatic imine (C=N–C) groups is 1. The number of guanidine groups is 1. The zero-order chi connectivity index (χ0) is 18.2. The van der Waals surface area contributed by atoms with Crippen molar-refractivity contribution >= 4 is 41.5 Å². The molecular formula is C17H26IN5O3. The van der Waals surface area contributed by atoms with Gasteiger partial charge < -0.3 is 16.0 Å². The van der Waals surface area contributed by atoms with Crippen LogP contribution in [0.2, 0.25) is 0 Å². The van der Waals surface area contributed by atoms with Crippen LogP contribution < -0.4 is 11.1 Å². The molecule has 1 aromatic rings. The minimum atomic E-state index is -0.405. The van der Waals surface area contributed by atoms with Gasteiger partial charge in [-0.05, 0) is 31.2 Å². The molecule has 1 amide bonds. The zero-order valence-corrected chi connectivity index (χ0v) is 17.2. The third kappa shape index (κ3) is 6.77. The third-order valence-corrected chi connectivity index (χ3v) is 4.18. The van der Waals surface area contributed by atoms with Crippen LogP contribution in [0.5, 0.6) is 0 Å². The number of rotatable bonds is 6. The summed E-state index contributed by atoms with van der Waals surface area (Å²) in [5.74, 6) is 0.737. The summed E-state index contributed by atoms with van der Waals surface area (Å²) in [5.41, 5.74) is 6.17. The lowest BCUT2D eigenvalue weighted by Gasteiger charge is -2.34. The van der Waals surface area contributed by atoms with Crippen molar-refractivity contribution in [1.82, 2.24) is 10.2 Å². The number of non-ortho nitro benzene ring substituents is 1. The Hall–Kier alpha value is -1.91. The minimum absolute atomic E-state index is 0. The molecule has 144 valence electrons. The second-order valence-electron chi connectivity index (χ2n) is 6.22. The normalized spacial score (nSPS) is 17.3. The number of piperidine rings is 1. The Morgan fingerprint density at radius 2 is 2.27 bits per heavy atom. The quantitative estimate of drug-likeness (QED) is 0.216. The summed E-state index contributed by atoms with van der Waals surface area (Å²) in [7, 11) is 0. The monoisotopic (exact) mass is 475 g/mol. The van der Waals surface area contributed by atoms with Crippen LogP contribution in [0.4, 0.5) is 5.69 Å². The molecule has 1 saturated heterocycles. The van der Waals surface area contributed by atoms with E-state index in [1.807, 2.05) is 13.0 Å². The van der Waals surface area contributed by atoms with Gasteiger partial charge in [-0.25, -0.2) is 4.99 Å².